The van der Waals surface area contributed by atoms with Gasteiger partial charge in [0.1, 0.15) is 0 Å². The third-order valence-electron chi connectivity index (χ3n) is 4.54. The Labute approximate surface area is 167 Å². The van der Waals surface area contributed by atoms with Crippen LogP contribution in [-0.2, 0) is 6.42 Å². The van der Waals surface area contributed by atoms with Gasteiger partial charge in [0.05, 0.1) is 25.5 Å². The zero-order chi connectivity index (χ0) is 20.4. The first-order valence-electron chi connectivity index (χ1n) is 9.21. The van der Waals surface area contributed by atoms with Crippen LogP contribution in [0.15, 0.2) is 41.1 Å². The van der Waals surface area contributed by atoms with E-state index in [0.717, 1.165) is 22.5 Å². The maximum atomic E-state index is 5.47. The lowest BCUT2D eigenvalue weighted by molar-refractivity contribution is 0.355. The summed E-state index contributed by atoms with van der Waals surface area (Å²) in [6, 6.07) is 9.54. The molecule has 148 valence electrons. The lowest BCUT2D eigenvalue weighted by Gasteiger charge is -2.15. The molecule has 0 aliphatic rings. The minimum absolute atomic E-state index is 0.403. The molecule has 0 spiro atoms. The molecule has 0 atom stereocenters. The van der Waals surface area contributed by atoms with Gasteiger partial charge in [-0.2, -0.15) is 4.98 Å². The van der Waals surface area contributed by atoms with Crippen molar-refractivity contribution in [3.05, 3.63) is 48.0 Å². The maximum absolute atomic E-state index is 5.47. The monoisotopic (exact) mass is 391 g/mol. The molecule has 8 heteroatoms. The van der Waals surface area contributed by atoms with Crippen molar-refractivity contribution >= 4 is 22.4 Å². The third-order valence-corrected chi connectivity index (χ3v) is 4.54. The summed E-state index contributed by atoms with van der Waals surface area (Å²) in [5.41, 5.74) is 3.81. The van der Waals surface area contributed by atoms with E-state index in [1.54, 1.807) is 20.4 Å². The number of fused-ring (bicyclic) bond motifs is 1. The van der Waals surface area contributed by atoms with E-state index in [9.17, 15) is 0 Å². The molecule has 1 N–H and O–H groups in total. The summed E-state index contributed by atoms with van der Waals surface area (Å²) in [7, 11) is 3.21. The molecule has 0 saturated heterocycles. The average Bonchev–Trinajstić information content (AvgIpc) is 3.22. The van der Waals surface area contributed by atoms with Crippen molar-refractivity contribution < 1.29 is 14.0 Å². The van der Waals surface area contributed by atoms with Gasteiger partial charge in [-0.15, -0.1) is 0 Å². The Morgan fingerprint density at radius 1 is 1.03 bits per heavy atom. The minimum Gasteiger partial charge on any atom is -0.493 e. The number of aryl methyl sites for hydroxylation is 2. The molecule has 0 saturated carbocycles. The van der Waals surface area contributed by atoms with Crippen molar-refractivity contribution in [2.75, 3.05) is 19.5 Å². The van der Waals surface area contributed by atoms with Crippen molar-refractivity contribution in [1.29, 1.82) is 0 Å². The van der Waals surface area contributed by atoms with E-state index >= 15 is 0 Å². The first-order chi connectivity index (χ1) is 14.1. The van der Waals surface area contributed by atoms with Gasteiger partial charge >= 0.3 is 0 Å². The molecular weight excluding hydrogens is 370 g/mol. The normalized spacial score (nSPS) is 10.9. The Balaban J connectivity index is 1.87. The average molecular weight is 391 g/mol. The Morgan fingerprint density at radius 2 is 1.86 bits per heavy atom. The van der Waals surface area contributed by atoms with Gasteiger partial charge in [-0.1, -0.05) is 12.1 Å². The fourth-order valence-corrected chi connectivity index (χ4v) is 3.03. The molecule has 0 amide bonds. The quantitative estimate of drug-likeness (QED) is 0.519. The van der Waals surface area contributed by atoms with Gasteiger partial charge in [-0.05, 0) is 31.2 Å². The molecule has 8 nitrogen and oxygen atoms in total. The molecule has 1 aromatic carbocycles. The molecule has 3 heterocycles. The number of nitrogens with one attached hydrogen (secondary N) is 1. The van der Waals surface area contributed by atoms with E-state index < -0.39 is 0 Å². The first-order valence-corrected chi connectivity index (χ1v) is 9.21. The predicted molar refractivity (Wildman–Crippen MR) is 110 cm³/mol. The highest BCUT2D eigenvalue weighted by atomic mass is 16.5. The molecule has 0 radical (unpaired) electrons. The summed E-state index contributed by atoms with van der Waals surface area (Å²) in [6.07, 6.45) is 2.38. The fraction of sp³-hybridized carbons (Fsp3) is 0.238. The van der Waals surface area contributed by atoms with E-state index in [2.05, 4.69) is 25.4 Å². The molecule has 0 unspecified atom stereocenters. The molecule has 0 aliphatic carbocycles. The highest BCUT2D eigenvalue weighted by Crippen LogP contribution is 2.37. The van der Waals surface area contributed by atoms with Gasteiger partial charge in [0.25, 0.3) is 5.89 Å². The first kappa shape index (κ1) is 18.7. The number of hydrogen-bond donors (Lipinski definition) is 1. The number of methoxy groups -OCH3 is 2. The van der Waals surface area contributed by atoms with Crippen LogP contribution in [0.2, 0.25) is 0 Å². The highest BCUT2D eigenvalue weighted by molar-refractivity contribution is 5.98. The lowest BCUT2D eigenvalue weighted by Crippen LogP contribution is -1.99. The van der Waals surface area contributed by atoms with Crippen LogP contribution in [0.4, 0.5) is 11.4 Å². The second-order valence-electron chi connectivity index (χ2n) is 6.43. The number of pyridine rings is 2. The number of anilines is 2. The van der Waals surface area contributed by atoms with Crippen LogP contribution in [0.3, 0.4) is 0 Å². The van der Waals surface area contributed by atoms with Gasteiger partial charge < -0.3 is 19.3 Å². The number of benzene rings is 1. The van der Waals surface area contributed by atoms with E-state index in [1.807, 2.05) is 44.2 Å². The summed E-state index contributed by atoms with van der Waals surface area (Å²) >= 11 is 0. The van der Waals surface area contributed by atoms with Crippen LogP contribution in [0.1, 0.15) is 18.4 Å². The zero-order valence-corrected chi connectivity index (χ0v) is 16.7. The number of aromatic nitrogens is 4. The van der Waals surface area contributed by atoms with Crippen LogP contribution < -0.4 is 14.8 Å². The van der Waals surface area contributed by atoms with Crippen molar-refractivity contribution in [2.45, 2.75) is 20.3 Å². The van der Waals surface area contributed by atoms with Crippen LogP contribution in [-0.4, -0.2) is 34.3 Å². The topological polar surface area (TPSA) is 95.2 Å². The summed E-state index contributed by atoms with van der Waals surface area (Å²) in [5, 5.41) is 8.30. The van der Waals surface area contributed by atoms with Gasteiger partial charge in [-0.3, -0.25) is 0 Å². The lowest BCUT2D eigenvalue weighted by atomic mass is 10.1. The fourth-order valence-electron chi connectivity index (χ4n) is 3.03. The maximum Gasteiger partial charge on any atom is 0.261 e. The number of rotatable bonds is 6. The molecule has 0 bridgehead atoms. The van der Waals surface area contributed by atoms with Crippen molar-refractivity contribution in [3.63, 3.8) is 0 Å². The molecule has 4 rings (SSSR count). The Morgan fingerprint density at radius 3 is 2.59 bits per heavy atom. The number of ether oxygens (including phenoxy) is 2. The molecule has 0 fully saturated rings. The van der Waals surface area contributed by atoms with Crippen LogP contribution in [0.25, 0.3) is 22.5 Å². The van der Waals surface area contributed by atoms with Gasteiger partial charge in [-0.25, -0.2) is 9.97 Å². The summed E-state index contributed by atoms with van der Waals surface area (Å²) in [5.74, 6) is 2.32. The van der Waals surface area contributed by atoms with Crippen LogP contribution in [0.5, 0.6) is 11.5 Å². The van der Waals surface area contributed by atoms with Crippen molar-refractivity contribution in [1.82, 2.24) is 20.1 Å². The highest BCUT2D eigenvalue weighted by Gasteiger charge is 2.18. The van der Waals surface area contributed by atoms with Gasteiger partial charge in [0.15, 0.2) is 23.0 Å². The van der Waals surface area contributed by atoms with Crippen LogP contribution in [0, 0.1) is 6.92 Å². The van der Waals surface area contributed by atoms with Crippen molar-refractivity contribution in [2.24, 2.45) is 0 Å². The standard InChI is InChI=1S/C21H21N5O3/c1-5-18-25-21(29-26-18)15-11-22-20-14(8-6-12(2)23-20)19(15)24-13-7-9-16(27-3)17(10-13)28-4/h6-11H,5H2,1-4H3,(H,22,23,24). The van der Waals surface area contributed by atoms with Crippen LogP contribution >= 0.6 is 0 Å². The van der Waals surface area contributed by atoms with Gasteiger partial charge in [0, 0.05) is 35.5 Å². The second kappa shape index (κ2) is 7.75. The van der Waals surface area contributed by atoms with E-state index in [-0.39, 0.29) is 0 Å². The molecule has 0 aliphatic heterocycles. The second-order valence-corrected chi connectivity index (χ2v) is 6.43. The van der Waals surface area contributed by atoms with E-state index in [1.165, 1.54) is 0 Å². The largest absolute Gasteiger partial charge is 0.493 e. The van der Waals surface area contributed by atoms with Crippen molar-refractivity contribution in [3.8, 4) is 23.0 Å². The molecule has 3 aromatic heterocycles. The smallest absolute Gasteiger partial charge is 0.261 e. The molecule has 29 heavy (non-hydrogen) atoms. The van der Waals surface area contributed by atoms with E-state index in [4.69, 9.17) is 14.0 Å². The number of hydrogen-bond acceptors (Lipinski definition) is 8. The molecule has 4 aromatic rings. The minimum atomic E-state index is 0.403. The summed E-state index contributed by atoms with van der Waals surface area (Å²) in [6.45, 7) is 3.91. The zero-order valence-electron chi connectivity index (χ0n) is 16.7. The molecular formula is C21H21N5O3. The predicted octanol–water partition coefficient (Wildman–Crippen LogP) is 4.31. The number of nitrogens with zero attached hydrogens (tertiary/aromatic N) is 4. The Hall–Kier alpha value is -3.68. The van der Waals surface area contributed by atoms with E-state index in [0.29, 0.717) is 40.8 Å². The Kier molecular flexibility index (Phi) is 4.99. The third kappa shape index (κ3) is 3.56. The summed E-state index contributed by atoms with van der Waals surface area (Å²) < 4.78 is 16.2. The Bertz CT molecular complexity index is 1170. The SMILES string of the molecule is CCc1noc(-c2cnc3nc(C)ccc3c2Nc2ccc(OC)c(OC)c2)n1. The summed E-state index contributed by atoms with van der Waals surface area (Å²) in [4.78, 5) is 13.5. The van der Waals surface area contributed by atoms with Gasteiger partial charge in [0.2, 0.25) is 0 Å².